The molecule has 1 amide bonds. The van der Waals surface area contributed by atoms with Crippen LogP contribution in [0.5, 0.6) is 0 Å². The lowest BCUT2D eigenvalue weighted by Crippen LogP contribution is -2.38. The van der Waals surface area contributed by atoms with Gasteiger partial charge < -0.3 is 5.32 Å². The highest BCUT2D eigenvalue weighted by molar-refractivity contribution is 7.92. The van der Waals surface area contributed by atoms with Crippen molar-refractivity contribution < 1.29 is 17.6 Å². The van der Waals surface area contributed by atoms with Crippen LogP contribution in [0.25, 0.3) is 0 Å². The molecule has 1 N–H and O–H groups in total. The van der Waals surface area contributed by atoms with Crippen molar-refractivity contribution in [1.82, 2.24) is 0 Å². The highest BCUT2D eigenvalue weighted by Crippen LogP contribution is 2.28. The number of hydrogen-bond acceptors (Lipinski definition) is 3. The van der Waals surface area contributed by atoms with Crippen LogP contribution in [0.3, 0.4) is 0 Å². The molecular formula is C22H20ClFN2O3S. The molecule has 5 nitrogen and oxygen atoms in total. The van der Waals surface area contributed by atoms with Gasteiger partial charge in [-0.25, -0.2) is 12.8 Å². The predicted octanol–water partition coefficient (Wildman–Crippen LogP) is 4.88. The van der Waals surface area contributed by atoms with Gasteiger partial charge in [-0.05, 0) is 48.4 Å². The Morgan fingerprint density at radius 2 is 1.70 bits per heavy atom. The maximum atomic E-state index is 13.6. The second kappa shape index (κ2) is 9.28. The van der Waals surface area contributed by atoms with E-state index in [1.54, 1.807) is 30.3 Å². The molecule has 3 aromatic rings. The Bertz CT molecular complexity index is 1150. The van der Waals surface area contributed by atoms with E-state index in [0.29, 0.717) is 12.1 Å². The van der Waals surface area contributed by atoms with Crippen LogP contribution >= 0.6 is 11.6 Å². The van der Waals surface area contributed by atoms with Crippen molar-refractivity contribution in [3.05, 3.63) is 89.2 Å². The number of rotatable bonds is 7. The van der Waals surface area contributed by atoms with E-state index in [4.69, 9.17) is 11.6 Å². The standard InChI is InChI=1S/C22H20ClFN2O3S/c1-2-16-8-6-7-11-21(16)25-22(27)15-26(17-12-13-20(24)19(23)14-17)30(28,29)18-9-4-3-5-10-18/h3-14H,2,15H2,1H3,(H,25,27). The quantitative estimate of drug-likeness (QED) is 0.562. The summed E-state index contributed by atoms with van der Waals surface area (Å²) in [6.45, 7) is 1.45. The van der Waals surface area contributed by atoms with E-state index in [0.717, 1.165) is 15.9 Å². The van der Waals surface area contributed by atoms with Crippen LogP contribution in [-0.2, 0) is 21.2 Å². The lowest BCUT2D eigenvalue weighted by Gasteiger charge is -2.24. The zero-order valence-corrected chi connectivity index (χ0v) is 17.8. The van der Waals surface area contributed by atoms with Crippen LogP contribution in [0.15, 0.2) is 77.7 Å². The molecule has 0 bridgehead atoms. The molecule has 30 heavy (non-hydrogen) atoms. The number of carbonyl (C=O) groups excluding carboxylic acids is 1. The summed E-state index contributed by atoms with van der Waals surface area (Å²) in [7, 11) is -4.10. The van der Waals surface area contributed by atoms with Gasteiger partial charge in [0.2, 0.25) is 5.91 Å². The fraction of sp³-hybridized carbons (Fsp3) is 0.136. The Balaban J connectivity index is 1.97. The summed E-state index contributed by atoms with van der Waals surface area (Å²) in [5.74, 6) is -1.21. The van der Waals surface area contributed by atoms with Gasteiger partial charge in [0.05, 0.1) is 15.6 Å². The summed E-state index contributed by atoms with van der Waals surface area (Å²) >= 11 is 5.86. The molecule has 0 heterocycles. The molecule has 0 spiro atoms. The molecule has 3 aromatic carbocycles. The first kappa shape index (κ1) is 21.8. The lowest BCUT2D eigenvalue weighted by atomic mass is 10.1. The van der Waals surface area contributed by atoms with E-state index in [1.165, 1.54) is 24.3 Å². The molecule has 0 unspecified atom stereocenters. The summed E-state index contributed by atoms with van der Waals surface area (Å²) in [6.07, 6.45) is 0.704. The minimum absolute atomic E-state index is 0.00667. The van der Waals surface area contributed by atoms with E-state index < -0.39 is 28.3 Å². The van der Waals surface area contributed by atoms with Crippen LogP contribution in [-0.4, -0.2) is 20.9 Å². The highest BCUT2D eigenvalue weighted by Gasteiger charge is 2.27. The van der Waals surface area contributed by atoms with Gasteiger partial charge in [-0.1, -0.05) is 54.9 Å². The number of anilines is 2. The zero-order chi connectivity index (χ0) is 21.7. The first-order valence-electron chi connectivity index (χ1n) is 9.23. The Kier molecular flexibility index (Phi) is 6.74. The lowest BCUT2D eigenvalue weighted by molar-refractivity contribution is -0.114. The molecule has 8 heteroatoms. The molecule has 0 atom stereocenters. The first-order chi connectivity index (χ1) is 14.3. The number of nitrogens with one attached hydrogen (secondary N) is 1. The van der Waals surface area contributed by atoms with Crippen molar-refractivity contribution in [1.29, 1.82) is 0 Å². The number of aryl methyl sites for hydroxylation is 1. The van der Waals surface area contributed by atoms with Crippen molar-refractivity contribution in [2.75, 3.05) is 16.2 Å². The van der Waals surface area contributed by atoms with E-state index in [2.05, 4.69) is 5.32 Å². The van der Waals surface area contributed by atoms with Crippen molar-refractivity contribution >= 4 is 38.9 Å². The average molecular weight is 447 g/mol. The first-order valence-corrected chi connectivity index (χ1v) is 11.1. The van der Waals surface area contributed by atoms with Gasteiger partial charge >= 0.3 is 0 Å². The van der Waals surface area contributed by atoms with E-state index >= 15 is 0 Å². The third kappa shape index (κ3) is 4.80. The number of halogens is 2. The SMILES string of the molecule is CCc1ccccc1NC(=O)CN(c1ccc(F)c(Cl)c1)S(=O)(=O)c1ccccc1. The van der Waals surface area contributed by atoms with Gasteiger partial charge in [0.15, 0.2) is 0 Å². The molecule has 0 radical (unpaired) electrons. The third-order valence-electron chi connectivity index (χ3n) is 4.48. The Morgan fingerprint density at radius 3 is 2.37 bits per heavy atom. The maximum Gasteiger partial charge on any atom is 0.264 e. The van der Waals surface area contributed by atoms with Crippen molar-refractivity contribution in [2.24, 2.45) is 0 Å². The second-order valence-corrected chi connectivity index (χ2v) is 8.75. The summed E-state index contributed by atoms with van der Waals surface area (Å²) < 4.78 is 41.0. The smallest absolute Gasteiger partial charge is 0.264 e. The maximum absolute atomic E-state index is 13.6. The highest BCUT2D eigenvalue weighted by atomic mass is 35.5. The van der Waals surface area contributed by atoms with Gasteiger partial charge in [-0.3, -0.25) is 9.10 Å². The van der Waals surface area contributed by atoms with Crippen LogP contribution in [0.2, 0.25) is 5.02 Å². The molecule has 0 aliphatic rings. The molecule has 0 aliphatic heterocycles. The Labute approximate surface area is 180 Å². The number of hydrogen-bond donors (Lipinski definition) is 1. The summed E-state index contributed by atoms with van der Waals surface area (Å²) in [4.78, 5) is 12.8. The molecule has 156 valence electrons. The molecule has 0 fully saturated rings. The topological polar surface area (TPSA) is 66.5 Å². The number of nitrogens with zero attached hydrogens (tertiary/aromatic N) is 1. The third-order valence-corrected chi connectivity index (χ3v) is 6.56. The average Bonchev–Trinajstić information content (AvgIpc) is 2.75. The van der Waals surface area contributed by atoms with Crippen molar-refractivity contribution in [3.8, 4) is 0 Å². The molecule has 0 saturated heterocycles. The Hall–Kier alpha value is -2.90. The number of benzene rings is 3. The fourth-order valence-corrected chi connectivity index (χ4v) is 4.55. The molecule has 0 aliphatic carbocycles. The van der Waals surface area contributed by atoms with Crippen LogP contribution in [0, 0.1) is 5.82 Å². The number of para-hydroxylation sites is 1. The molecule has 3 rings (SSSR count). The zero-order valence-electron chi connectivity index (χ0n) is 16.2. The van der Waals surface area contributed by atoms with E-state index in [9.17, 15) is 17.6 Å². The predicted molar refractivity (Wildman–Crippen MR) is 117 cm³/mol. The van der Waals surface area contributed by atoms with Crippen LogP contribution in [0.4, 0.5) is 15.8 Å². The second-order valence-electron chi connectivity index (χ2n) is 6.48. The number of carbonyl (C=O) groups is 1. The molecule has 0 aromatic heterocycles. The van der Waals surface area contributed by atoms with Gasteiger partial charge in [0, 0.05) is 5.69 Å². The van der Waals surface area contributed by atoms with E-state index in [1.807, 2.05) is 19.1 Å². The van der Waals surface area contributed by atoms with Gasteiger partial charge in [0.1, 0.15) is 12.4 Å². The van der Waals surface area contributed by atoms with Crippen molar-refractivity contribution in [3.63, 3.8) is 0 Å². The van der Waals surface area contributed by atoms with Gasteiger partial charge in [0.25, 0.3) is 10.0 Å². The number of sulfonamides is 1. The normalized spacial score (nSPS) is 11.2. The largest absolute Gasteiger partial charge is 0.324 e. The van der Waals surface area contributed by atoms with Crippen molar-refractivity contribution in [2.45, 2.75) is 18.2 Å². The van der Waals surface area contributed by atoms with Crippen LogP contribution < -0.4 is 9.62 Å². The van der Waals surface area contributed by atoms with Gasteiger partial charge in [-0.15, -0.1) is 0 Å². The van der Waals surface area contributed by atoms with Gasteiger partial charge in [-0.2, -0.15) is 0 Å². The van der Waals surface area contributed by atoms with Crippen LogP contribution in [0.1, 0.15) is 12.5 Å². The summed E-state index contributed by atoms with van der Waals surface area (Å²) in [5, 5.41) is 2.52. The summed E-state index contributed by atoms with van der Waals surface area (Å²) in [6, 6.07) is 18.5. The molecule has 0 saturated carbocycles. The molecular weight excluding hydrogens is 427 g/mol. The monoisotopic (exact) mass is 446 g/mol. The Morgan fingerprint density at radius 1 is 1.03 bits per heavy atom. The minimum Gasteiger partial charge on any atom is -0.324 e. The minimum atomic E-state index is -4.10. The summed E-state index contributed by atoms with van der Waals surface area (Å²) in [5.41, 5.74) is 1.62. The number of amides is 1. The van der Waals surface area contributed by atoms with E-state index in [-0.39, 0.29) is 15.6 Å². The fourth-order valence-electron chi connectivity index (χ4n) is 2.95.